The van der Waals surface area contributed by atoms with E-state index in [9.17, 15) is 14.0 Å². The lowest BCUT2D eigenvalue weighted by atomic mass is 10.2. The molecular weight excluding hydrogens is 321 g/mol. The fourth-order valence-electron chi connectivity index (χ4n) is 2.08. The van der Waals surface area contributed by atoms with E-state index in [-0.39, 0.29) is 19.0 Å². The van der Waals surface area contributed by atoms with Crippen molar-refractivity contribution in [2.75, 3.05) is 23.7 Å². The molecule has 1 atom stereocenters. The fraction of sp³-hybridized carbons (Fsp3) is 0.400. The summed E-state index contributed by atoms with van der Waals surface area (Å²) in [4.78, 5) is 24.5. The third-order valence-electron chi connectivity index (χ3n) is 3.15. The topological polar surface area (TPSA) is 82.4 Å². The average Bonchev–Trinajstić information content (AvgIpc) is 2.88. The first kappa shape index (κ1) is 17.1. The molecule has 6 nitrogen and oxygen atoms in total. The summed E-state index contributed by atoms with van der Waals surface area (Å²) in [6.07, 6.45) is -0.682. The second-order valence-corrected chi connectivity index (χ2v) is 6.06. The van der Waals surface area contributed by atoms with Crippen molar-refractivity contribution in [1.82, 2.24) is 5.32 Å². The summed E-state index contributed by atoms with van der Waals surface area (Å²) in [5.74, 6) is -0.134. The van der Waals surface area contributed by atoms with Crippen molar-refractivity contribution in [3.63, 3.8) is 0 Å². The third-order valence-corrected chi connectivity index (χ3v) is 4.20. The van der Waals surface area contributed by atoms with Gasteiger partial charge in [0.15, 0.2) is 0 Å². The minimum Gasteiger partial charge on any atom is -0.442 e. The van der Waals surface area contributed by atoms with Crippen molar-refractivity contribution in [1.29, 1.82) is 5.26 Å². The number of amides is 2. The maximum atomic E-state index is 14.1. The largest absolute Gasteiger partial charge is 0.442 e. The second-order valence-electron chi connectivity index (χ2n) is 4.92. The molecule has 1 heterocycles. The van der Waals surface area contributed by atoms with Crippen LogP contribution in [0.2, 0.25) is 0 Å². The number of nitrogens with one attached hydrogen (secondary N) is 1. The molecule has 1 aliphatic rings. The van der Waals surface area contributed by atoms with Gasteiger partial charge in [0.1, 0.15) is 11.9 Å². The van der Waals surface area contributed by atoms with E-state index in [1.807, 2.05) is 6.07 Å². The van der Waals surface area contributed by atoms with E-state index in [4.69, 9.17) is 10.00 Å². The minimum atomic E-state index is -0.565. The summed E-state index contributed by atoms with van der Waals surface area (Å²) >= 11 is 1.26. The highest BCUT2D eigenvalue weighted by Gasteiger charge is 2.32. The highest BCUT2D eigenvalue weighted by molar-refractivity contribution is 7.99. The second kappa shape index (κ2) is 7.83. The monoisotopic (exact) mass is 337 g/mol. The van der Waals surface area contributed by atoms with Crippen molar-refractivity contribution in [2.45, 2.75) is 24.3 Å². The number of ether oxygens (including phenoxy) is 1. The number of hydrogen-bond donors (Lipinski definition) is 1. The Labute approximate surface area is 137 Å². The molecule has 0 unspecified atom stereocenters. The molecule has 8 heteroatoms. The molecule has 2 amide bonds. The summed E-state index contributed by atoms with van der Waals surface area (Å²) in [7, 11) is 0. The summed E-state index contributed by atoms with van der Waals surface area (Å²) in [5, 5.41) is 11.1. The summed E-state index contributed by atoms with van der Waals surface area (Å²) in [6, 6.07) is 6.50. The molecule has 0 bridgehead atoms. The van der Waals surface area contributed by atoms with Crippen molar-refractivity contribution in [2.24, 2.45) is 0 Å². The van der Waals surface area contributed by atoms with Crippen molar-refractivity contribution >= 4 is 29.4 Å². The molecular formula is C15H16FN3O3S. The highest BCUT2D eigenvalue weighted by atomic mass is 32.2. The Balaban J connectivity index is 2.01. The Kier molecular flexibility index (Phi) is 5.82. The quantitative estimate of drug-likeness (QED) is 0.636. The Morgan fingerprint density at radius 2 is 2.39 bits per heavy atom. The zero-order valence-electron chi connectivity index (χ0n) is 12.5. The summed E-state index contributed by atoms with van der Waals surface area (Å²) in [6.45, 7) is 1.86. The molecule has 1 fully saturated rings. The predicted octanol–water partition coefficient (Wildman–Crippen LogP) is 2.29. The predicted molar refractivity (Wildman–Crippen MR) is 83.7 cm³/mol. The molecule has 1 N–H and O–H groups in total. The van der Waals surface area contributed by atoms with Gasteiger partial charge in [0.25, 0.3) is 0 Å². The molecule has 2 rings (SSSR count). The van der Waals surface area contributed by atoms with Crippen LogP contribution >= 0.6 is 11.8 Å². The van der Waals surface area contributed by atoms with E-state index >= 15 is 0 Å². The molecule has 0 aliphatic carbocycles. The Hall–Kier alpha value is -2.27. The number of hydrogen-bond acceptors (Lipinski definition) is 5. The van der Waals surface area contributed by atoms with E-state index in [1.165, 1.54) is 29.7 Å². The maximum Gasteiger partial charge on any atom is 0.414 e. The number of carbonyl (C=O) groups is 2. The first-order valence-corrected chi connectivity index (χ1v) is 8.01. The molecule has 0 saturated carbocycles. The molecule has 1 saturated heterocycles. The van der Waals surface area contributed by atoms with Gasteiger partial charge < -0.3 is 10.1 Å². The third kappa shape index (κ3) is 4.60. The molecule has 122 valence electrons. The standard InChI is InChI=1S/C15H16FN3O3S/c1-10(20)18-8-12-9-19(15(21)22-12)11-3-4-14(13(16)7-11)23-6-2-5-17/h3-4,7,12H,2,6,8-9H2,1H3,(H,18,20)/t12-/m1/s1. The number of rotatable bonds is 6. The summed E-state index contributed by atoms with van der Waals surface area (Å²) in [5.41, 5.74) is 0.405. The lowest BCUT2D eigenvalue weighted by Crippen LogP contribution is -2.33. The molecule has 0 spiro atoms. The lowest BCUT2D eigenvalue weighted by molar-refractivity contribution is -0.119. The molecule has 0 radical (unpaired) electrons. The van der Waals surface area contributed by atoms with Gasteiger partial charge in [-0.05, 0) is 18.2 Å². The zero-order valence-corrected chi connectivity index (χ0v) is 13.4. The number of thioether (sulfide) groups is 1. The molecule has 1 aliphatic heterocycles. The van der Waals surface area contributed by atoms with E-state index < -0.39 is 18.0 Å². The van der Waals surface area contributed by atoms with Gasteiger partial charge in [0, 0.05) is 24.0 Å². The van der Waals surface area contributed by atoms with Gasteiger partial charge in [-0.1, -0.05) is 0 Å². The summed E-state index contributed by atoms with van der Waals surface area (Å²) < 4.78 is 19.2. The number of halogens is 1. The molecule has 23 heavy (non-hydrogen) atoms. The van der Waals surface area contributed by atoms with Crippen LogP contribution in [-0.2, 0) is 9.53 Å². The van der Waals surface area contributed by atoms with Crippen LogP contribution in [0.5, 0.6) is 0 Å². The van der Waals surface area contributed by atoms with Crippen LogP contribution in [0.4, 0.5) is 14.9 Å². The lowest BCUT2D eigenvalue weighted by Gasteiger charge is -2.14. The molecule has 1 aromatic rings. The number of nitriles is 1. The van der Waals surface area contributed by atoms with Crippen LogP contribution in [0.25, 0.3) is 0 Å². The van der Waals surface area contributed by atoms with Crippen molar-refractivity contribution in [3.05, 3.63) is 24.0 Å². The molecule has 1 aromatic carbocycles. The van der Waals surface area contributed by atoms with Crippen LogP contribution in [0.3, 0.4) is 0 Å². The van der Waals surface area contributed by atoms with Crippen molar-refractivity contribution < 1.29 is 18.7 Å². The van der Waals surface area contributed by atoms with Gasteiger partial charge >= 0.3 is 6.09 Å². The first-order chi connectivity index (χ1) is 11.0. The van der Waals surface area contributed by atoms with Crippen LogP contribution in [0.15, 0.2) is 23.1 Å². The van der Waals surface area contributed by atoms with E-state index in [2.05, 4.69) is 5.32 Å². The SMILES string of the molecule is CC(=O)NC[C@@H]1CN(c2ccc(SCCC#N)c(F)c2)C(=O)O1. The highest BCUT2D eigenvalue weighted by Crippen LogP contribution is 2.28. The van der Waals surface area contributed by atoms with Gasteiger partial charge in [-0.15, -0.1) is 11.8 Å². The average molecular weight is 337 g/mol. The number of anilines is 1. The Morgan fingerprint density at radius 1 is 1.61 bits per heavy atom. The maximum absolute atomic E-state index is 14.1. The fourth-order valence-corrected chi connectivity index (χ4v) is 2.85. The number of carbonyl (C=O) groups excluding carboxylic acids is 2. The smallest absolute Gasteiger partial charge is 0.414 e. The minimum absolute atomic E-state index is 0.204. The first-order valence-electron chi connectivity index (χ1n) is 7.03. The van der Waals surface area contributed by atoms with Gasteiger partial charge in [-0.25, -0.2) is 9.18 Å². The Bertz CT molecular complexity index is 647. The zero-order chi connectivity index (χ0) is 16.8. The van der Waals surface area contributed by atoms with Gasteiger partial charge in [-0.3, -0.25) is 9.69 Å². The van der Waals surface area contributed by atoms with Gasteiger partial charge in [0.05, 0.1) is 24.8 Å². The number of benzene rings is 1. The van der Waals surface area contributed by atoms with Gasteiger partial charge in [-0.2, -0.15) is 5.26 Å². The Morgan fingerprint density at radius 3 is 3.04 bits per heavy atom. The van der Waals surface area contributed by atoms with Crippen LogP contribution < -0.4 is 10.2 Å². The van der Waals surface area contributed by atoms with Crippen LogP contribution in [0, 0.1) is 17.1 Å². The van der Waals surface area contributed by atoms with E-state index in [0.29, 0.717) is 22.8 Å². The van der Waals surface area contributed by atoms with Gasteiger partial charge in [0.2, 0.25) is 5.91 Å². The molecule has 0 aromatic heterocycles. The van der Waals surface area contributed by atoms with E-state index in [0.717, 1.165) is 0 Å². The number of cyclic esters (lactones) is 1. The van der Waals surface area contributed by atoms with Crippen molar-refractivity contribution in [3.8, 4) is 6.07 Å². The van der Waals surface area contributed by atoms with Crippen LogP contribution in [0.1, 0.15) is 13.3 Å². The number of nitrogens with zero attached hydrogens (tertiary/aromatic N) is 2. The normalized spacial score (nSPS) is 16.8. The van der Waals surface area contributed by atoms with E-state index in [1.54, 1.807) is 12.1 Å². The van der Waals surface area contributed by atoms with Crippen LogP contribution in [-0.4, -0.2) is 36.9 Å².